The van der Waals surface area contributed by atoms with E-state index in [2.05, 4.69) is 21.2 Å². The van der Waals surface area contributed by atoms with Crippen molar-refractivity contribution in [2.75, 3.05) is 43.9 Å². The Morgan fingerprint density at radius 3 is 2.83 bits per heavy atom. The van der Waals surface area contributed by atoms with Gasteiger partial charge in [-0.25, -0.2) is 14.4 Å². The standard InChI is InChI=1S/C31H34FN7O2S/c1-42-25-5-2-4-18-10-22(40)11-23(26(18)25)27-33-13-24-28(35-27)36-30(37-29(24)38-15-20-6-7-21(16-38)34-20)41-17-31-8-3-9-39(31)14-19(32)12-31/h2,4-5,10-11,13,19-21,34,40H,3,6-9,12,14-17H2,1H3/t19-,20?,21?,31+/m1/s1. The van der Waals surface area contributed by atoms with Gasteiger partial charge in [-0.1, -0.05) is 12.1 Å². The molecule has 2 unspecified atom stereocenters. The molecule has 9 nitrogen and oxygen atoms in total. The van der Waals surface area contributed by atoms with Crippen LogP contribution < -0.4 is 15.0 Å². The van der Waals surface area contributed by atoms with Gasteiger partial charge >= 0.3 is 6.01 Å². The van der Waals surface area contributed by atoms with Gasteiger partial charge in [-0.15, -0.1) is 11.8 Å². The van der Waals surface area contributed by atoms with E-state index in [1.165, 1.54) is 0 Å². The topological polar surface area (TPSA) is 99.5 Å². The second-order valence-electron chi connectivity index (χ2n) is 12.2. The molecule has 11 heteroatoms. The first-order valence-corrected chi connectivity index (χ1v) is 16.1. The van der Waals surface area contributed by atoms with E-state index in [1.807, 2.05) is 18.4 Å². The number of halogens is 1. The lowest BCUT2D eigenvalue weighted by Gasteiger charge is -2.34. The van der Waals surface area contributed by atoms with Gasteiger partial charge in [0.2, 0.25) is 0 Å². The summed E-state index contributed by atoms with van der Waals surface area (Å²) in [5.74, 6) is 1.42. The number of hydrogen-bond donors (Lipinski definition) is 2. The van der Waals surface area contributed by atoms with Crippen LogP contribution in [0.25, 0.3) is 33.2 Å². The number of alkyl halides is 1. The molecule has 2 aromatic heterocycles. The molecule has 4 saturated heterocycles. The van der Waals surface area contributed by atoms with Crippen LogP contribution in [0, 0.1) is 0 Å². The number of nitrogens with zero attached hydrogens (tertiary/aromatic N) is 6. The van der Waals surface area contributed by atoms with Crippen molar-refractivity contribution < 1.29 is 14.2 Å². The van der Waals surface area contributed by atoms with Crippen LogP contribution in [-0.4, -0.2) is 92.8 Å². The first-order valence-electron chi connectivity index (χ1n) is 14.9. The monoisotopic (exact) mass is 587 g/mol. The van der Waals surface area contributed by atoms with Crippen LogP contribution >= 0.6 is 11.8 Å². The molecule has 4 aliphatic rings. The number of aromatic hydroxyl groups is 1. The smallest absolute Gasteiger partial charge is 0.320 e. The molecule has 4 atom stereocenters. The Bertz CT molecular complexity index is 1680. The highest BCUT2D eigenvalue weighted by Gasteiger charge is 2.49. The zero-order chi connectivity index (χ0) is 28.4. The maximum atomic E-state index is 14.4. The van der Waals surface area contributed by atoms with E-state index in [0.29, 0.717) is 43.1 Å². The maximum Gasteiger partial charge on any atom is 0.320 e. The second-order valence-corrected chi connectivity index (χ2v) is 13.1. The molecule has 4 fully saturated rings. The fraction of sp³-hybridized carbons (Fsp3) is 0.484. The Labute approximate surface area is 247 Å². The molecule has 4 aromatic rings. The van der Waals surface area contributed by atoms with Crippen LogP contribution in [-0.2, 0) is 0 Å². The molecule has 4 aliphatic heterocycles. The molecule has 8 rings (SSSR count). The molecule has 2 aromatic carbocycles. The van der Waals surface area contributed by atoms with Crippen molar-refractivity contribution in [3.05, 3.63) is 36.5 Å². The normalized spacial score (nSPS) is 27.3. The van der Waals surface area contributed by atoms with Crippen LogP contribution in [0.1, 0.15) is 32.1 Å². The predicted octanol–water partition coefficient (Wildman–Crippen LogP) is 4.56. The van der Waals surface area contributed by atoms with Gasteiger partial charge in [0.05, 0.1) is 10.9 Å². The van der Waals surface area contributed by atoms with E-state index in [1.54, 1.807) is 30.1 Å². The first-order chi connectivity index (χ1) is 20.5. The van der Waals surface area contributed by atoms with Gasteiger partial charge in [0.25, 0.3) is 0 Å². The number of fused-ring (bicyclic) bond motifs is 5. The zero-order valence-corrected chi connectivity index (χ0v) is 24.4. The summed E-state index contributed by atoms with van der Waals surface area (Å²) in [6.07, 6.45) is 7.79. The third-order valence-corrected chi connectivity index (χ3v) is 10.3. The fourth-order valence-corrected chi connectivity index (χ4v) is 8.31. The number of hydrogen-bond acceptors (Lipinski definition) is 10. The van der Waals surface area contributed by atoms with Gasteiger partial charge in [0.1, 0.15) is 24.3 Å². The van der Waals surface area contributed by atoms with Crippen molar-refractivity contribution in [3.63, 3.8) is 0 Å². The minimum absolute atomic E-state index is 0.159. The Hall–Kier alpha value is -3.28. The minimum atomic E-state index is -0.822. The molecule has 218 valence electrons. The largest absolute Gasteiger partial charge is 0.508 e. The average molecular weight is 588 g/mol. The molecule has 0 spiro atoms. The fourth-order valence-electron chi connectivity index (χ4n) is 7.66. The van der Waals surface area contributed by atoms with Crippen LogP contribution in [0.15, 0.2) is 41.4 Å². The molecule has 0 radical (unpaired) electrons. The maximum absolute atomic E-state index is 14.4. The van der Waals surface area contributed by atoms with E-state index < -0.39 is 6.17 Å². The van der Waals surface area contributed by atoms with Crippen molar-refractivity contribution in [1.82, 2.24) is 30.2 Å². The Balaban J connectivity index is 1.23. The summed E-state index contributed by atoms with van der Waals surface area (Å²) in [7, 11) is 0. The summed E-state index contributed by atoms with van der Waals surface area (Å²) in [4.78, 5) is 25.1. The molecule has 6 heterocycles. The number of phenolic OH excluding ortho intramolecular Hbond substituents is 1. The van der Waals surface area contributed by atoms with E-state index in [9.17, 15) is 9.50 Å². The molecular weight excluding hydrogens is 553 g/mol. The third kappa shape index (κ3) is 4.44. The molecule has 42 heavy (non-hydrogen) atoms. The molecular formula is C31H34FN7O2S. The SMILES string of the molecule is CSc1cccc2cc(O)cc(-c3ncc4c(N5CC6CCC(C5)N6)nc(OC[C@@]56CCCN5C[C@H](F)C6)nc4n3)c12. The van der Waals surface area contributed by atoms with Crippen molar-refractivity contribution in [1.29, 1.82) is 0 Å². The van der Waals surface area contributed by atoms with Crippen LogP contribution in [0.2, 0.25) is 0 Å². The number of ether oxygens (including phenoxy) is 1. The Morgan fingerprint density at radius 2 is 2.00 bits per heavy atom. The number of aromatic nitrogens is 4. The highest BCUT2D eigenvalue weighted by atomic mass is 32.2. The van der Waals surface area contributed by atoms with Crippen molar-refractivity contribution in [3.8, 4) is 23.1 Å². The molecule has 0 amide bonds. The molecule has 2 bridgehead atoms. The van der Waals surface area contributed by atoms with Crippen LogP contribution in [0.5, 0.6) is 11.8 Å². The Morgan fingerprint density at radius 1 is 1.14 bits per heavy atom. The number of rotatable bonds is 6. The van der Waals surface area contributed by atoms with Gasteiger partial charge in [-0.05, 0) is 62.1 Å². The van der Waals surface area contributed by atoms with E-state index in [0.717, 1.165) is 77.8 Å². The second kappa shape index (κ2) is 10.2. The van der Waals surface area contributed by atoms with Crippen molar-refractivity contribution >= 4 is 39.4 Å². The van der Waals surface area contributed by atoms with Crippen molar-refractivity contribution in [2.45, 2.75) is 60.8 Å². The van der Waals surface area contributed by atoms with Gasteiger partial charge in [-0.2, -0.15) is 9.97 Å². The van der Waals surface area contributed by atoms with E-state index >= 15 is 0 Å². The number of nitrogens with one attached hydrogen (secondary N) is 1. The van der Waals surface area contributed by atoms with Gasteiger partial charge in [0.15, 0.2) is 11.5 Å². The lowest BCUT2D eigenvalue weighted by molar-refractivity contribution is 0.107. The highest BCUT2D eigenvalue weighted by Crippen LogP contribution is 2.41. The summed E-state index contributed by atoms with van der Waals surface area (Å²) in [6, 6.07) is 10.6. The first kappa shape index (κ1) is 26.4. The third-order valence-electron chi connectivity index (χ3n) is 9.54. The van der Waals surface area contributed by atoms with Gasteiger partial charge in [0, 0.05) is 60.2 Å². The van der Waals surface area contributed by atoms with E-state index in [-0.39, 0.29) is 17.3 Å². The van der Waals surface area contributed by atoms with Gasteiger partial charge < -0.3 is 20.1 Å². The van der Waals surface area contributed by atoms with Crippen LogP contribution in [0.4, 0.5) is 10.2 Å². The summed E-state index contributed by atoms with van der Waals surface area (Å²) >= 11 is 1.65. The quantitative estimate of drug-likeness (QED) is 0.312. The number of thioether (sulfide) groups is 1. The minimum Gasteiger partial charge on any atom is -0.508 e. The lowest BCUT2D eigenvalue weighted by atomic mass is 9.95. The van der Waals surface area contributed by atoms with Crippen molar-refractivity contribution in [2.24, 2.45) is 0 Å². The zero-order valence-electron chi connectivity index (χ0n) is 23.6. The molecule has 2 N–H and O–H groups in total. The van der Waals surface area contributed by atoms with Gasteiger partial charge in [-0.3, -0.25) is 4.90 Å². The highest BCUT2D eigenvalue weighted by molar-refractivity contribution is 7.98. The van der Waals surface area contributed by atoms with E-state index in [4.69, 9.17) is 24.7 Å². The number of benzene rings is 2. The summed E-state index contributed by atoms with van der Waals surface area (Å²) in [6.45, 7) is 3.43. The Kier molecular flexibility index (Phi) is 6.38. The average Bonchev–Trinajstić information content (AvgIpc) is 3.64. The van der Waals surface area contributed by atoms with Crippen LogP contribution in [0.3, 0.4) is 0 Å². The number of piperazine rings is 1. The molecule has 0 aliphatic carbocycles. The summed E-state index contributed by atoms with van der Waals surface area (Å²) < 4.78 is 20.8. The summed E-state index contributed by atoms with van der Waals surface area (Å²) in [5, 5.41) is 17.0. The predicted molar refractivity (Wildman–Crippen MR) is 162 cm³/mol. The lowest BCUT2D eigenvalue weighted by Crippen LogP contribution is -2.51. The number of phenols is 1. The summed E-state index contributed by atoms with van der Waals surface area (Å²) in [5.41, 5.74) is 0.956. The number of anilines is 1. The molecule has 0 saturated carbocycles.